The lowest BCUT2D eigenvalue weighted by Gasteiger charge is -2.10. The molecule has 0 aliphatic rings. The molecular formula is C14H13N5. The molecule has 3 heterocycles. The lowest BCUT2D eigenvalue weighted by molar-refractivity contribution is 1.02. The summed E-state index contributed by atoms with van der Waals surface area (Å²) in [5.74, 6) is 0.507. The highest BCUT2D eigenvalue weighted by Crippen LogP contribution is 2.23. The molecule has 3 rings (SSSR count). The molecule has 0 spiro atoms. The van der Waals surface area contributed by atoms with Crippen LogP contribution in [0.3, 0.4) is 0 Å². The molecule has 19 heavy (non-hydrogen) atoms. The molecule has 2 N–H and O–H groups in total. The Labute approximate surface area is 110 Å². The third-order valence-electron chi connectivity index (χ3n) is 2.99. The molecule has 0 saturated heterocycles. The molecule has 94 valence electrons. The van der Waals surface area contributed by atoms with Crippen molar-refractivity contribution in [1.29, 1.82) is 0 Å². The topological polar surface area (TPSA) is 69.6 Å². The van der Waals surface area contributed by atoms with Gasteiger partial charge in [-0.05, 0) is 30.7 Å². The fourth-order valence-electron chi connectivity index (χ4n) is 1.97. The zero-order chi connectivity index (χ0) is 13.2. The van der Waals surface area contributed by atoms with Crippen molar-refractivity contribution in [3.05, 3.63) is 54.9 Å². The van der Waals surface area contributed by atoms with Crippen molar-refractivity contribution in [3.63, 3.8) is 0 Å². The molecule has 0 radical (unpaired) electrons. The molecule has 3 aromatic rings. The first-order chi connectivity index (χ1) is 9.25. The number of nitrogens with zero attached hydrogens (tertiary/aromatic N) is 4. The van der Waals surface area contributed by atoms with Gasteiger partial charge in [0.1, 0.15) is 5.82 Å². The van der Waals surface area contributed by atoms with Crippen LogP contribution in [0.15, 0.2) is 49.3 Å². The first-order valence-corrected chi connectivity index (χ1v) is 5.91. The molecule has 0 aliphatic heterocycles. The van der Waals surface area contributed by atoms with Gasteiger partial charge in [0.25, 0.3) is 0 Å². The van der Waals surface area contributed by atoms with E-state index in [0.29, 0.717) is 5.82 Å². The number of hydrogen-bond donors (Lipinski definition) is 1. The maximum absolute atomic E-state index is 5.61. The Bertz CT molecular complexity index is 700. The minimum atomic E-state index is 0.507. The van der Waals surface area contributed by atoms with Gasteiger partial charge in [0.15, 0.2) is 0 Å². The van der Waals surface area contributed by atoms with E-state index in [4.69, 9.17) is 5.73 Å². The highest BCUT2D eigenvalue weighted by atomic mass is 15.1. The monoisotopic (exact) mass is 251 g/mol. The van der Waals surface area contributed by atoms with Gasteiger partial charge in [-0.1, -0.05) is 0 Å². The molecule has 0 amide bonds. The van der Waals surface area contributed by atoms with Crippen molar-refractivity contribution in [2.24, 2.45) is 0 Å². The predicted octanol–water partition coefficient (Wildman–Crippen LogP) is 2.22. The number of aryl methyl sites for hydroxylation is 1. The van der Waals surface area contributed by atoms with Crippen LogP contribution in [0, 0.1) is 6.92 Å². The lowest BCUT2D eigenvalue weighted by Crippen LogP contribution is -1.99. The van der Waals surface area contributed by atoms with Crippen LogP contribution in [0.2, 0.25) is 0 Å². The number of aromatic nitrogens is 4. The third kappa shape index (κ3) is 2.06. The maximum atomic E-state index is 5.61. The highest BCUT2D eigenvalue weighted by molar-refractivity contribution is 5.62. The van der Waals surface area contributed by atoms with E-state index in [1.54, 1.807) is 31.0 Å². The zero-order valence-corrected chi connectivity index (χ0v) is 10.5. The Balaban J connectivity index is 2.13. The van der Waals surface area contributed by atoms with Crippen molar-refractivity contribution in [3.8, 4) is 16.9 Å². The molecule has 0 aromatic carbocycles. The van der Waals surface area contributed by atoms with Crippen LogP contribution in [0.4, 0.5) is 5.82 Å². The SMILES string of the molecule is Cc1ccncc1-n1cncc1-c1ccc(N)nc1. The van der Waals surface area contributed by atoms with Crippen LogP contribution in [0.1, 0.15) is 5.56 Å². The second kappa shape index (κ2) is 4.53. The second-order valence-corrected chi connectivity index (χ2v) is 4.28. The van der Waals surface area contributed by atoms with E-state index in [-0.39, 0.29) is 0 Å². The number of rotatable bonds is 2. The third-order valence-corrected chi connectivity index (χ3v) is 2.99. The molecule has 5 heteroatoms. The minimum absolute atomic E-state index is 0.507. The standard InChI is InChI=1S/C14H13N5/c1-10-4-5-16-7-12(10)19-9-17-8-13(19)11-2-3-14(15)18-6-11/h2-9H,1H3,(H2,15,18). The normalized spacial score (nSPS) is 10.6. The Morgan fingerprint density at radius 3 is 2.68 bits per heavy atom. The summed E-state index contributed by atoms with van der Waals surface area (Å²) in [5.41, 5.74) is 9.68. The van der Waals surface area contributed by atoms with Crippen LogP contribution < -0.4 is 5.73 Å². The number of nitrogen functional groups attached to an aromatic ring is 1. The van der Waals surface area contributed by atoms with Crippen LogP contribution in [-0.4, -0.2) is 19.5 Å². The van der Waals surface area contributed by atoms with Crippen LogP contribution in [0.5, 0.6) is 0 Å². The number of hydrogen-bond acceptors (Lipinski definition) is 4. The Hall–Kier alpha value is -2.69. The average Bonchev–Trinajstić information content (AvgIpc) is 2.89. The van der Waals surface area contributed by atoms with Gasteiger partial charge in [-0.25, -0.2) is 9.97 Å². The zero-order valence-electron chi connectivity index (χ0n) is 10.5. The van der Waals surface area contributed by atoms with Gasteiger partial charge in [0, 0.05) is 18.0 Å². The minimum Gasteiger partial charge on any atom is -0.384 e. The Morgan fingerprint density at radius 1 is 1.05 bits per heavy atom. The molecule has 3 aromatic heterocycles. The van der Waals surface area contributed by atoms with Crippen molar-refractivity contribution in [2.75, 3.05) is 5.73 Å². The van der Waals surface area contributed by atoms with E-state index in [0.717, 1.165) is 22.5 Å². The average molecular weight is 251 g/mol. The van der Waals surface area contributed by atoms with Crippen LogP contribution in [-0.2, 0) is 0 Å². The van der Waals surface area contributed by atoms with E-state index < -0.39 is 0 Å². The highest BCUT2D eigenvalue weighted by Gasteiger charge is 2.09. The van der Waals surface area contributed by atoms with Crippen LogP contribution >= 0.6 is 0 Å². The van der Waals surface area contributed by atoms with Crippen molar-refractivity contribution < 1.29 is 0 Å². The van der Waals surface area contributed by atoms with Crippen molar-refractivity contribution >= 4 is 5.82 Å². The van der Waals surface area contributed by atoms with E-state index in [1.165, 1.54) is 0 Å². The van der Waals surface area contributed by atoms with Gasteiger partial charge in [0.2, 0.25) is 0 Å². The van der Waals surface area contributed by atoms with Gasteiger partial charge >= 0.3 is 0 Å². The quantitative estimate of drug-likeness (QED) is 0.758. The summed E-state index contributed by atoms with van der Waals surface area (Å²) < 4.78 is 2.00. The molecule has 0 unspecified atom stereocenters. The largest absolute Gasteiger partial charge is 0.384 e. The summed E-state index contributed by atoms with van der Waals surface area (Å²) in [5, 5.41) is 0. The molecule has 0 saturated carbocycles. The van der Waals surface area contributed by atoms with Gasteiger partial charge < -0.3 is 5.73 Å². The molecule has 0 bridgehead atoms. The van der Waals surface area contributed by atoms with Gasteiger partial charge in [-0.3, -0.25) is 9.55 Å². The van der Waals surface area contributed by atoms with Gasteiger partial charge in [-0.15, -0.1) is 0 Å². The Morgan fingerprint density at radius 2 is 1.95 bits per heavy atom. The number of pyridine rings is 2. The first-order valence-electron chi connectivity index (χ1n) is 5.91. The van der Waals surface area contributed by atoms with E-state index in [9.17, 15) is 0 Å². The maximum Gasteiger partial charge on any atom is 0.123 e. The van der Waals surface area contributed by atoms with E-state index in [2.05, 4.69) is 15.0 Å². The predicted molar refractivity (Wildman–Crippen MR) is 73.7 cm³/mol. The Kier molecular flexibility index (Phi) is 2.72. The number of nitrogens with two attached hydrogens (primary N) is 1. The number of imidazole rings is 1. The van der Waals surface area contributed by atoms with Crippen LogP contribution in [0.25, 0.3) is 16.9 Å². The summed E-state index contributed by atoms with van der Waals surface area (Å²) in [6.45, 7) is 2.04. The second-order valence-electron chi connectivity index (χ2n) is 4.28. The summed E-state index contributed by atoms with van der Waals surface area (Å²) in [7, 11) is 0. The number of anilines is 1. The molecule has 0 fully saturated rings. The van der Waals surface area contributed by atoms with Gasteiger partial charge in [-0.2, -0.15) is 0 Å². The molecule has 0 aliphatic carbocycles. The smallest absolute Gasteiger partial charge is 0.123 e. The van der Waals surface area contributed by atoms with Crippen molar-refractivity contribution in [1.82, 2.24) is 19.5 Å². The summed E-state index contributed by atoms with van der Waals surface area (Å²) in [4.78, 5) is 12.5. The summed E-state index contributed by atoms with van der Waals surface area (Å²) in [6, 6.07) is 5.69. The van der Waals surface area contributed by atoms with E-state index in [1.807, 2.05) is 29.8 Å². The summed E-state index contributed by atoms with van der Waals surface area (Å²) in [6.07, 6.45) is 8.93. The van der Waals surface area contributed by atoms with Gasteiger partial charge in [0.05, 0.1) is 30.1 Å². The lowest BCUT2D eigenvalue weighted by atomic mass is 10.2. The summed E-state index contributed by atoms with van der Waals surface area (Å²) >= 11 is 0. The fourth-order valence-corrected chi connectivity index (χ4v) is 1.97. The molecular weight excluding hydrogens is 238 g/mol. The first kappa shape index (κ1) is 11.4. The van der Waals surface area contributed by atoms with Crippen molar-refractivity contribution in [2.45, 2.75) is 6.92 Å². The fraction of sp³-hybridized carbons (Fsp3) is 0.0714. The molecule has 0 atom stereocenters. The van der Waals surface area contributed by atoms with E-state index >= 15 is 0 Å². The molecule has 5 nitrogen and oxygen atoms in total.